The van der Waals surface area contributed by atoms with Crippen molar-refractivity contribution < 1.29 is 77.5 Å². The first kappa shape index (κ1) is 15.5. The van der Waals surface area contributed by atoms with Gasteiger partial charge in [0, 0.05) is 13.2 Å². The Kier molecular flexibility index (Phi) is 4.94. The third kappa shape index (κ3) is 3.48. The molecule has 0 unspecified atom stereocenters. The Balaban J connectivity index is 0.00000196. The fourth-order valence-electron chi connectivity index (χ4n) is 1.04. The number of aryl methyl sites for hydroxylation is 1. The summed E-state index contributed by atoms with van der Waals surface area (Å²) in [5.74, 6) is 0. The van der Waals surface area contributed by atoms with E-state index in [2.05, 4.69) is 5.10 Å². The van der Waals surface area contributed by atoms with Crippen molar-refractivity contribution in [1.82, 2.24) is 9.78 Å². The molecule has 0 spiro atoms. The van der Waals surface area contributed by atoms with Gasteiger partial charge in [0.05, 0.1) is 0 Å². The van der Waals surface area contributed by atoms with Crippen molar-refractivity contribution in [2.24, 2.45) is 7.05 Å². The molecule has 1 rings (SSSR count). The molecule has 0 saturated carbocycles. The molecule has 1 aromatic heterocycles. The molecule has 1 heterocycles. The zero-order chi connectivity index (χ0) is 11.1. The van der Waals surface area contributed by atoms with E-state index in [1.807, 2.05) is 0 Å². The van der Waals surface area contributed by atoms with Gasteiger partial charge < -0.3 is 12.9 Å². The summed E-state index contributed by atoms with van der Waals surface area (Å²) in [6, 6.07) is 0. The molecule has 10 heteroatoms. The number of rotatable bonds is 1. The van der Waals surface area contributed by atoms with Crippen LogP contribution in [0.25, 0.3) is 0 Å². The van der Waals surface area contributed by atoms with Crippen molar-refractivity contribution in [1.29, 1.82) is 0 Å². The first-order chi connectivity index (χ1) is 6.14. The van der Waals surface area contributed by atoms with E-state index in [-0.39, 0.29) is 62.3 Å². The van der Waals surface area contributed by atoms with E-state index in [4.69, 9.17) is 0 Å². The molecule has 2 nitrogen and oxygen atoms in total. The maximum Gasteiger partial charge on any atom is 1.00 e. The summed E-state index contributed by atoms with van der Waals surface area (Å²) in [4.78, 5) is 0. The summed E-state index contributed by atoms with van der Waals surface area (Å²) in [6.45, 7) is -5.68. The van der Waals surface area contributed by atoms with Crippen LogP contribution in [0.3, 0.4) is 0 Å². The number of aromatic nitrogens is 2. The molecular formula is C5H4BF6KN2. The maximum atomic E-state index is 12.1. The Morgan fingerprint density at radius 1 is 1.27 bits per heavy atom. The summed E-state index contributed by atoms with van der Waals surface area (Å²) < 4.78 is 72.8. The second kappa shape index (κ2) is 4.78. The van der Waals surface area contributed by atoms with Crippen LogP contribution in [0.5, 0.6) is 0 Å². The molecule has 0 fully saturated rings. The summed E-state index contributed by atoms with van der Waals surface area (Å²) in [5, 5.41) is 2.94. The van der Waals surface area contributed by atoms with Gasteiger partial charge in [-0.05, 0) is 0 Å². The van der Waals surface area contributed by atoms with Crippen LogP contribution in [-0.4, -0.2) is 16.8 Å². The van der Waals surface area contributed by atoms with E-state index < -0.39 is 24.3 Å². The summed E-state index contributed by atoms with van der Waals surface area (Å²) in [7, 11) is 0.814. The van der Waals surface area contributed by atoms with Gasteiger partial charge in [0.1, 0.15) is 5.69 Å². The van der Waals surface area contributed by atoms with Crippen LogP contribution in [0.1, 0.15) is 5.69 Å². The van der Waals surface area contributed by atoms with Crippen molar-refractivity contribution in [3.8, 4) is 0 Å². The van der Waals surface area contributed by atoms with Gasteiger partial charge in [0.15, 0.2) is 0 Å². The molecule has 0 bridgehead atoms. The topological polar surface area (TPSA) is 17.8 Å². The van der Waals surface area contributed by atoms with Crippen molar-refractivity contribution in [3.63, 3.8) is 0 Å². The van der Waals surface area contributed by atoms with Crippen LogP contribution in [0.15, 0.2) is 6.20 Å². The van der Waals surface area contributed by atoms with E-state index >= 15 is 0 Å². The molecule has 0 aliphatic carbocycles. The van der Waals surface area contributed by atoms with Gasteiger partial charge in [-0.15, -0.1) is 0 Å². The summed E-state index contributed by atoms with van der Waals surface area (Å²) >= 11 is 0. The van der Waals surface area contributed by atoms with Gasteiger partial charge in [-0.1, -0.05) is 5.46 Å². The second-order valence-corrected chi connectivity index (χ2v) is 2.64. The second-order valence-electron chi connectivity index (χ2n) is 2.64. The van der Waals surface area contributed by atoms with Gasteiger partial charge in [-0.25, -0.2) is 0 Å². The Hall–Kier alpha value is 0.491. The van der Waals surface area contributed by atoms with Crippen LogP contribution in [0, 0.1) is 0 Å². The SMILES string of the molecule is Cn1ncc([B-](F)(F)F)c1C(F)(F)F.[K+]. The Morgan fingerprint density at radius 3 is 2.00 bits per heavy atom. The van der Waals surface area contributed by atoms with E-state index in [0.29, 0.717) is 0 Å². The minimum atomic E-state index is -5.68. The first-order valence-electron chi connectivity index (χ1n) is 3.43. The molecule has 0 amide bonds. The van der Waals surface area contributed by atoms with E-state index in [9.17, 15) is 26.1 Å². The molecule has 0 aliphatic heterocycles. The predicted octanol–water partition coefficient (Wildman–Crippen LogP) is -1.50. The molecule has 1 aromatic rings. The zero-order valence-corrected chi connectivity index (χ0v) is 10.9. The van der Waals surface area contributed by atoms with Gasteiger partial charge in [0.2, 0.25) is 0 Å². The third-order valence-corrected chi connectivity index (χ3v) is 1.59. The normalized spacial score (nSPS) is 12.5. The molecule has 0 radical (unpaired) electrons. The molecule has 80 valence electrons. The quantitative estimate of drug-likeness (QED) is 0.441. The monoisotopic (exact) mass is 256 g/mol. The summed E-state index contributed by atoms with van der Waals surface area (Å²) in [5.41, 5.74) is -3.47. The van der Waals surface area contributed by atoms with Crippen LogP contribution < -0.4 is 56.8 Å². The molecule has 15 heavy (non-hydrogen) atoms. The smallest absolute Gasteiger partial charge is 0.445 e. The number of nitrogens with zero attached hydrogens (tertiary/aromatic N) is 2. The van der Waals surface area contributed by atoms with Crippen molar-refractivity contribution >= 4 is 12.4 Å². The van der Waals surface area contributed by atoms with Crippen molar-refractivity contribution in [3.05, 3.63) is 11.9 Å². The Labute approximate surface area is 123 Å². The number of halogens is 6. The number of hydrogen-bond acceptors (Lipinski definition) is 1. The molecule has 0 N–H and O–H groups in total. The molecule has 0 aromatic carbocycles. The molecular weight excluding hydrogens is 252 g/mol. The van der Waals surface area contributed by atoms with Crippen LogP contribution in [-0.2, 0) is 13.2 Å². The average Bonchev–Trinajstić information content (AvgIpc) is 2.27. The Bertz CT molecular complexity index is 342. The van der Waals surface area contributed by atoms with Crippen molar-refractivity contribution in [2.45, 2.75) is 6.18 Å². The Morgan fingerprint density at radius 2 is 1.73 bits per heavy atom. The number of alkyl halides is 3. The van der Waals surface area contributed by atoms with Gasteiger partial charge in [0.25, 0.3) is 0 Å². The van der Waals surface area contributed by atoms with E-state index in [1.54, 1.807) is 0 Å². The van der Waals surface area contributed by atoms with Crippen molar-refractivity contribution in [2.75, 3.05) is 0 Å². The van der Waals surface area contributed by atoms with Crippen LogP contribution >= 0.6 is 0 Å². The molecule has 0 aliphatic rings. The predicted molar refractivity (Wildman–Crippen MR) is 36.9 cm³/mol. The van der Waals surface area contributed by atoms with Gasteiger partial charge in [-0.2, -0.15) is 18.3 Å². The van der Waals surface area contributed by atoms with Crippen LogP contribution in [0.4, 0.5) is 26.1 Å². The standard InChI is InChI=1S/C5H4BF6N2.K/c1-14-4(5(7,8)9)3(2-13-14)6(10,11)12;/h2H,1H3;/q-1;+1. The minimum Gasteiger partial charge on any atom is -0.445 e. The van der Waals surface area contributed by atoms with E-state index in [0.717, 1.165) is 7.05 Å². The zero-order valence-electron chi connectivity index (χ0n) is 7.82. The average molecular weight is 256 g/mol. The van der Waals surface area contributed by atoms with Gasteiger partial charge >= 0.3 is 64.5 Å². The van der Waals surface area contributed by atoms with E-state index in [1.165, 1.54) is 0 Å². The molecule has 0 saturated heterocycles. The fraction of sp³-hybridized carbons (Fsp3) is 0.400. The van der Waals surface area contributed by atoms with Gasteiger partial charge in [-0.3, -0.25) is 4.68 Å². The molecule has 0 atom stereocenters. The fourth-order valence-corrected chi connectivity index (χ4v) is 1.04. The largest absolute Gasteiger partial charge is 1.00 e. The number of hydrogen-bond donors (Lipinski definition) is 0. The first-order valence-corrected chi connectivity index (χ1v) is 3.43. The minimum absolute atomic E-state index is 0. The summed E-state index contributed by atoms with van der Waals surface area (Å²) in [6.07, 6.45) is -4.86. The third-order valence-electron chi connectivity index (χ3n) is 1.59. The maximum absolute atomic E-state index is 12.1. The van der Waals surface area contributed by atoms with Crippen LogP contribution in [0.2, 0.25) is 0 Å².